The highest BCUT2D eigenvalue weighted by molar-refractivity contribution is 7.99. The van der Waals surface area contributed by atoms with Gasteiger partial charge in [0.05, 0.1) is 0 Å². The average molecular weight is 263 g/mol. The van der Waals surface area contributed by atoms with Gasteiger partial charge in [-0.1, -0.05) is 25.1 Å². The third kappa shape index (κ3) is 4.03. The zero-order valence-electron chi connectivity index (χ0n) is 11.7. The summed E-state index contributed by atoms with van der Waals surface area (Å²) in [5.41, 5.74) is 4.61. The minimum Gasteiger partial charge on any atom is -0.310 e. The molecule has 0 radical (unpaired) electrons. The molecule has 2 heteroatoms. The van der Waals surface area contributed by atoms with Gasteiger partial charge in [0.2, 0.25) is 0 Å². The largest absolute Gasteiger partial charge is 0.310 e. The van der Waals surface area contributed by atoms with E-state index in [2.05, 4.69) is 37.4 Å². The molecule has 0 saturated carbocycles. The molecule has 0 fully saturated rings. The number of benzene rings is 1. The van der Waals surface area contributed by atoms with E-state index in [1.807, 2.05) is 11.8 Å². The van der Waals surface area contributed by atoms with Gasteiger partial charge in [-0.05, 0) is 60.8 Å². The quantitative estimate of drug-likeness (QED) is 0.751. The predicted octanol–water partition coefficient (Wildman–Crippen LogP) is 3.80. The van der Waals surface area contributed by atoms with Crippen LogP contribution in [0.1, 0.15) is 43.4 Å². The van der Waals surface area contributed by atoms with E-state index in [-0.39, 0.29) is 0 Å². The lowest BCUT2D eigenvalue weighted by atomic mass is 10.1. The molecule has 1 aromatic rings. The van der Waals surface area contributed by atoms with Gasteiger partial charge < -0.3 is 5.32 Å². The molecule has 18 heavy (non-hydrogen) atoms. The zero-order valence-corrected chi connectivity index (χ0v) is 12.5. The minimum absolute atomic E-state index is 0.623. The van der Waals surface area contributed by atoms with Crippen molar-refractivity contribution in [2.75, 3.05) is 11.5 Å². The van der Waals surface area contributed by atoms with Crippen LogP contribution < -0.4 is 5.32 Å². The third-order valence-corrected chi connectivity index (χ3v) is 4.65. The summed E-state index contributed by atoms with van der Waals surface area (Å²) in [5.74, 6) is 2.51. The SMILES string of the molecule is CCSCCC(C)NCc1ccc2c(c1)CCC2. The molecular formula is C16H25NS. The van der Waals surface area contributed by atoms with Crippen molar-refractivity contribution in [3.63, 3.8) is 0 Å². The number of hydrogen-bond donors (Lipinski definition) is 1. The molecule has 0 aromatic heterocycles. The topological polar surface area (TPSA) is 12.0 Å². The van der Waals surface area contributed by atoms with Crippen LogP contribution in [0.2, 0.25) is 0 Å². The fourth-order valence-corrected chi connectivity index (χ4v) is 3.34. The maximum Gasteiger partial charge on any atom is 0.0208 e. The minimum atomic E-state index is 0.623. The summed E-state index contributed by atoms with van der Waals surface area (Å²) in [6, 6.07) is 7.65. The number of hydrogen-bond acceptors (Lipinski definition) is 2. The standard InChI is InChI=1S/C16H25NS/c1-3-18-10-9-13(2)17-12-14-7-8-15-5-4-6-16(15)11-14/h7-8,11,13,17H,3-6,9-10,12H2,1-2H3. The fraction of sp³-hybridized carbons (Fsp3) is 0.625. The Hall–Kier alpha value is -0.470. The molecule has 2 rings (SSSR count). The van der Waals surface area contributed by atoms with Gasteiger partial charge in [-0.2, -0.15) is 11.8 Å². The maximum absolute atomic E-state index is 3.64. The first-order valence-electron chi connectivity index (χ1n) is 7.21. The molecular weight excluding hydrogens is 238 g/mol. The average Bonchev–Trinajstić information content (AvgIpc) is 2.84. The monoisotopic (exact) mass is 263 g/mol. The Morgan fingerprint density at radius 2 is 2.11 bits per heavy atom. The normalized spacial score (nSPS) is 15.7. The number of thioether (sulfide) groups is 1. The first-order chi connectivity index (χ1) is 8.79. The van der Waals surface area contributed by atoms with Crippen molar-refractivity contribution in [1.29, 1.82) is 0 Å². The Balaban J connectivity index is 1.76. The molecule has 0 amide bonds. The molecule has 1 unspecified atom stereocenters. The van der Waals surface area contributed by atoms with Crippen molar-refractivity contribution in [1.82, 2.24) is 5.32 Å². The number of aryl methyl sites for hydroxylation is 2. The maximum atomic E-state index is 3.64. The van der Waals surface area contributed by atoms with Crippen molar-refractivity contribution >= 4 is 11.8 Å². The van der Waals surface area contributed by atoms with E-state index in [0.29, 0.717) is 6.04 Å². The lowest BCUT2D eigenvalue weighted by Gasteiger charge is -2.14. The van der Waals surface area contributed by atoms with Crippen LogP contribution in [0.5, 0.6) is 0 Å². The molecule has 1 nitrogen and oxygen atoms in total. The first kappa shape index (κ1) is 14.0. The van der Waals surface area contributed by atoms with Crippen molar-refractivity contribution < 1.29 is 0 Å². The molecule has 1 atom stereocenters. The van der Waals surface area contributed by atoms with Crippen molar-refractivity contribution in [3.05, 3.63) is 34.9 Å². The molecule has 1 aliphatic rings. The highest BCUT2D eigenvalue weighted by Gasteiger charge is 2.10. The number of rotatable bonds is 7. The first-order valence-corrected chi connectivity index (χ1v) is 8.37. The summed E-state index contributed by atoms with van der Waals surface area (Å²) in [6.07, 6.45) is 5.18. The van der Waals surface area contributed by atoms with E-state index in [1.54, 1.807) is 11.1 Å². The molecule has 1 N–H and O–H groups in total. The summed E-state index contributed by atoms with van der Waals surface area (Å²) in [7, 11) is 0. The summed E-state index contributed by atoms with van der Waals surface area (Å²) in [4.78, 5) is 0. The third-order valence-electron chi connectivity index (χ3n) is 3.72. The van der Waals surface area contributed by atoms with E-state index in [0.717, 1.165) is 6.54 Å². The number of fused-ring (bicyclic) bond motifs is 1. The van der Waals surface area contributed by atoms with Crippen LogP contribution in [0.25, 0.3) is 0 Å². The molecule has 1 aromatic carbocycles. The van der Waals surface area contributed by atoms with Crippen LogP contribution in [-0.2, 0) is 19.4 Å². The van der Waals surface area contributed by atoms with E-state index in [1.165, 1.54) is 42.8 Å². The molecule has 0 heterocycles. The van der Waals surface area contributed by atoms with Gasteiger partial charge in [0.15, 0.2) is 0 Å². The molecule has 0 spiro atoms. The van der Waals surface area contributed by atoms with Gasteiger partial charge in [0, 0.05) is 12.6 Å². The summed E-state index contributed by atoms with van der Waals surface area (Å²) in [6.45, 7) is 5.54. The molecule has 0 bridgehead atoms. The lowest BCUT2D eigenvalue weighted by molar-refractivity contribution is 0.537. The van der Waals surface area contributed by atoms with Crippen molar-refractivity contribution in [2.45, 2.75) is 52.1 Å². The van der Waals surface area contributed by atoms with E-state index in [4.69, 9.17) is 0 Å². The van der Waals surface area contributed by atoms with E-state index in [9.17, 15) is 0 Å². The van der Waals surface area contributed by atoms with Crippen LogP contribution in [0.4, 0.5) is 0 Å². The van der Waals surface area contributed by atoms with Crippen LogP contribution in [0.15, 0.2) is 18.2 Å². The van der Waals surface area contributed by atoms with Crippen LogP contribution in [0, 0.1) is 0 Å². The van der Waals surface area contributed by atoms with E-state index < -0.39 is 0 Å². The Morgan fingerprint density at radius 1 is 1.28 bits per heavy atom. The second-order valence-electron chi connectivity index (χ2n) is 5.22. The Kier molecular flexibility index (Phi) is 5.58. The fourth-order valence-electron chi connectivity index (χ4n) is 2.53. The highest BCUT2D eigenvalue weighted by Crippen LogP contribution is 2.22. The number of nitrogens with one attached hydrogen (secondary N) is 1. The summed E-state index contributed by atoms with van der Waals surface area (Å²) in [5, 5.41) is 3.64. The molecule has 0 aliphatic heterocycles. The Labute approximate surface area is 116 Å². The molecule has 100 valence electrons. The van der Waals surface area contributed by atoms with Gasteiger partial charge >= 0.3 is 0 Å². The molecule has 1 aliphatic carbocycles. The van der Waals surface area contributed by atoms with Crippen LogP contribution >= 0.6 is 11.8 Å². The second kappa shape index (κ2) is 7.20. The summed E-state index contributed by atoms with van der Waals surface area (Å²) >= 11 is 2.03. The van der Waals surface area contributed by atoms with Crippen LogP contribution in [0.3, 0.4) is 0 Å². The smallest absolute Gasteiger partial charge is 0.0208 e. The highest BCUT2D eigenvalue weighted by atomic mass is 32.2. The Morgan fingerprint density at radius 3 is 2.94 bits per heavy atom. The lowest BCUT2D eigenvalue weighted by Crippen LogP contribution is -2.26. The van der Waals surface area contributed by atoms with E-state index >= 15 is 0 Å². The van der Waals surface area contributed by atoms with Gasteiger partial charge in [-0.3, -0.25) is 0 Å². The van der Waals surface area contributed by atoms with Gasteiger partial charge in [-0.15, -0.1) is 0 Å². The van der Waals surface area contributed by atoms with Crippen molar-refractivity contribution in [2.24, 2.45) is 0 Å². The van der Waals surface area contributed by atoms with Crippen molar-refractivity contribution in [3.8, 4) is 0 Å². The predicted molar refractivity (Wildman–Crippen MR) is 82.4 cm³/mol. The zero-order chi connectivity index (χ0) is 12.8. The Bertz CT molecular complexity index is 375. The van der Waals surface area contributed by atoms with Crippen LogP contribution in [-0.4, -0.2) is 17.5 Å². The van der Waals surface area contributed by atoms with Gasteiger partial charge in [-0.25, -0.2) is 0 Å². The van der Waals surface area contributed by atoms with Gasteiger partial charge in [0.25, 0.3) is 0 Å². The second-order valence-corrected chi connectivity index (χ2v) is 6.62. The summed E-state index contributed by atoms with van der Waals surface area (Å²) < 4.78 is 0. The molecule has 0 saturated heterocycles. The van der Waals surface area contributed by atoms with Gasteiger partial charge in [0.1, 0.15) is 0 Å².